The quantitative estimate of drug-likeness (QED) is 0.283. The molecule has 1 aliphatic rings. The number of nitrogens with one attached hydrogen (secondary N) is 1. The van der Waals surface area contributed by atoms with Crippen molar-refractivity contribution in [3.8, 4) is 0 Å². The Labute approximate surface area is 182 Å². The molecule has 0 spiro atoms. The molecule has 0 aliphatic carbocycles. The first-order valence-electron chi connectivity index (χ1n) is 9.84. The zero-order valence-corrected chi connectivity index (χ0v) is 17.5. The van der Waals surface area contributed by atoms with Gasteiger partial charge in [0.05, 0.1) is 5.57 Å². The molecule has 5 rings (SSSR count). The van der Waals surface area contributed by atoms with Crippen LogP contribution in [-0.4, -0.2) is 31.7 Å². The highest BCUT2D eigenvalue weighted by Gasteiger charge is 2.47. The summed E-state index contributed by atoms with van der Waals surface area (Å²) < 4.78 is 0. The number of para-hydroxylation sites is 1. The summed E-state index contributed by atoms with van der Waals surface area (Å²) in [6.07, 6.45) is 5.01. The van der Waals surface area contributed by atoms with Gasteiger partial charge in [-0.25, -0.2) is 0 Å². The lowest BCUT2D eigenvalue weighted by molar-refractivity contribution is -0.140. The Kier molecular flexibility index (Phi) is 4.67. The van der Waals surface area contributed by atoms with E-state index < -0.39 is 17.7 Å². The standard InChI is InChI=1S/C24H19N3O3S/c1-14-8-10-31-23(14)20-19(21(28)17-12-26-18-7-3-2-6-16(17)18)22(29)24(30)27(20)13-15-5-4-9-25-11-15/h2-12,20,26,28H,13H2,1H3/b21-19+. The third kappa shape index (κ3) is 3.14. The van der Waals surface area contributed by atoms with Crippen molar-refractivity contribution in [2.24, 2.45) is 0 Å². The fraction of sp³-hybridized carbons (Fsp3) is 0.125. The van der Waals surface area contributed by atoms with Gasteiger partial charge in [0.15, 0.2) is 0 Å². The summed E-state index contributed by atoms with van der Waals surface area (Å²) in [5, 5.41) is 14.0. The molecule has 1 aliphatic heterocycles. The molecular formula is C24H19N3O3S. The number of nitrogens with zero attached hydrogens (tertiary/aromatic N) is 2. The van der Waals surface area contributed by atoms with Gasteiger partial charge in [-0.1, -0.05) is 24.3 Å². The maximum Gasteiger partial charge on any atom is 0.295 e. The van der Waals surface area contributed by atoms with Crippen molar-refractivity contribution in [3.05, 3.63) is 93.6 Å². The predicted molar refractivity (Wildman–Crippen MR) is 119 cm³/mol. The van der Waals surface area contributed by atoms with E-state index in [4.69, 9.17) is 0 Å². The fourth-order valence-electron chi connectivity index (χ4n) is 4.08. The van der Waals surface area contributed by atoms with Crippen molar-refractivity contribution in [2.45, 2.75) is 19.5 Å². The number of carbonyl (C=O) groups excluding carboxylic acids is 2. The van der Waals surface area contributed by atoms with E-state index in [9.17, 15) is 14.7 Å². The normalized spacial score (nSPS) is 18.2. The number of benzene rings is 1. The molecule has 1 aromatic carbocycles. The third-order valence-corrected chi connectivity index (χ3v) is 6.68. The van der Waals surface area contributed by atoms with Gasteiger partial charge in [0.25, 0.3) is 11.7 Å². The molecule has 1 unspecified atom stereocenters. The highest BCUT2D eigenvalue weighted by atomic mass is 32.1. The Morgan fingerprint density at radius 3 is 2.77 bits per heavy atom. The molecule has 7 heteroatoms. The van der Waals surface area contributed by atoms with Gasteiger partial charge in [-0.15, -0.1) is 11.3 Å². The number of hydrogen-bond acceptors (Lipinski definition) is 5. The van der Waals surface area contributed by atoms with Crippen LogP contribution in [0, 0.1) is 6.92 Å². The van der Waals surface area contributed by atoms with Crippen LogP contribution < -0.4 is 0 Å². The Morgan fingerprint density at radius 2 is 2.03 bits per heavy atom. The molecule has 1 amide bonds. The summed E-state index contributed by atoms with van der Waals surface area (Å²) >= 11 is 1.47. The molecule has 0 radical (unpaired) electrons. The monoisotopic (exact) mass is 429 g/mol. The number of Topliss-reactive ketones (excluding diaryl/α,β-unsaturated/α-hetero) is 1. The van der Waals surface area contributed by atoms with Gasteiger partial charge in [-0.05, 0) is 41.6 Å². The van der Waals surface area contributed by atoms with Crippen LogP contribution in [0.25, 0.3) is 16.7 Å². The topological polar surface area (TPSA) is 86.3 Å². The average Bonchev–Trinajstić information content (AvgIpc) is 3.47. The minimum Gasteiger partial charge on any atom is -0.507 e. The van der Waals surface area contributed by atoms with Gasteiger partial charge in [0.2, 0.25) is 0 Å². The van der Waals surface area contributed by atoms with E-state index in [0.29, 0.717) is 5.56 Å². The molecule has 2 N–H and O–H groups in total. The van der Waals surface area contributed by atoms with Crippen LogP contribution in [-0.2, 0) is 16.1 Å². The maximum atomic E-state index is 13.2. The summed E-state index contributed by atoms with van der Waals surface area (Å²) in [5.74, 6) is -1.46. The second-order valence-electron chi connectivity index (χ2n) is 7.50. The fourth-order valence-corrected chi connectivity index (χ4v) is 5.13. The number of aryl methyl sites for hydroxylation is 1. The van der Waals surface area contributed by atoms with E-state index in [1.165, 1.54) is 16.2 Å². The summed E-state index contributed by atoms with van der Waals surface area (Å²) in [4.78, 5) is 35.9. The molecule has 31 heavy (non-hydrogen) atoms. The molecule has 4 heterocycles. The zero-order chi connectivity index (χ0) is 21.5. The van der Waals surface area contributed by atoms with Crippen LogP contribution in [0.1, 0.15) is 27.6 Å². The number of H-pyrrole nitrogens is 1. The largest absolute Gasteiger partial charge is 0.507 e. The number of rotatable bonds is 4. The number of pyridine rings is 1. The number of amides is 1. The Bertz CT molecular complexity index is 1340. The molecule has 1 atom stereocenters. The molecule has 1 saturated heterocycles. The van der Waals surface area contributed by atoms with Crippen molar-refractivity contribution in [2.75, 3.05) is 0 Å². The molecule has 154 valence electrons. The lowest BCUT2D eigenvalue weighted by atomic mass is 9.98. The van der Waals surface area contributed by atoms with Gasteiger partial charge in [-0.3, -0.25) is 14.6 Å². The summed E-state index contributed by atoms with van der Waals surface area (Å²) in [7, 11) is 0. The number of aliphatic hydroxyl groups is 1. The number of likely N-dealkylation sites (tertiary alicyclic amines) is 1. The van der Waals surface area contributed by atoms with Crippen molar-refractivity contribution >= 4 is 39.7 Å². The SMILES string of the molecule is Cc1ccsc1C1/C(=C(\O)c2c[nH]c3ccccc23)C(=O)C(=O)N1Cc1cccnc1. The number of carbonyl (C=O) groups is 2. The summed E-state index contributed by atoms with van der Waals surface area (Å²) in [5.41, 5.74) is 3.25. The van der Waals surface area contributed by atoms with Crippen molar-refractivity contribution < 1.29 is 14.7 Å². The van der Waals surface area contributed by atoms with E-state index in [0.717, 1.165) is 26.9 Å². The number of fused-ring (bicyclic) bond motifs is 1. The number of aromatic nitrogens is 2. The van der Waals surface area contributed by atoms with Gasteiger partial charge < -0.3 is 15.0 Å². The molecular weight excluding hydrogens is 410 g/mol. The third-order valence-electron chi connectivity index (χ3n) is 5.61. The molecule has 6 nitrogen and oxygen atoms in total. The number of hydrogen-bond donors (Lipinski definition) is 2. The summed E-state index contributed by atoms with van der Waals surface area (Å²) in [6, 6.07) is 12.5. The van der Waals surface area contributed by atoms with Crippen LogP contribution in [0.5, 0.6) is 0 Å². The van der Waals surface area contributed by atoms with E-state index in [1.54, 1.807) is 24.7 Å². The number of aliphatic hydroxyl groups excluding tert-OH is 1. The lowest BCUT2D eigenvalue weighted by Gasteiger charge is -2.24. The van der Waals surface area contributed by atoms with E-state index in [2.05, 4.69) is 9.97 Å². The minimum absolute atomic E-state index is 0.115. The highest BCUT2D eigenvalue weighted by Crippen LogP contribution is 2.43. The van der Waals surface area contributed by atoms with Crippen LogP contribution in [0.4, 0.5) is 0 Å². The van der Waals surface area contributed by atoms with Crippen molar-refractivity contribution in [1.29, 1.82) is 0 Å². The lowest BCUT2D eigenvalue weighted by Crippen LogP contribution is -2.29. The predicted octanol–water partition coefficient (Wildman–Crippen LogP) is 4.55. The van der Waals surface area contributed by atoms with Crippen LogP contribution >= 0.6 is 11.3 Å². The van der Waals surface area contributed by atoms with E-state index >= 15 is 0 Å². The molecule has 0 saturated carbocycles. The smallest absolute Gasteiger partial charge is 0.295 e. The Hall–Kier alpha value is -3.71. The molecule has 1 fully saturated rings. The van der Waals surface area contributed by atoms with Gasteiger partial charge in [0.1, 0.15) is 11.8 Å². The van der Waals surface area contributed by atoms with E-state index in [-0.39, 0.29) is 17.9 Å². The van der Waals surface area contributed by atoms with Gasteiger partial charge in [-0.2, -0.15) is 0 Å². The molecule has 0 bridgehead atoms. The first-order valence-corrected chi connectivity index (χ1v) is 10.7. The minimum atomic E-state index is -0.676. The Morgan fingerprint density at radius 1 is 1.19 bits per heavy atom. The van der Waals surface area contributed by atoms with Crippen molar-refractivity contribution in [3.63, 3.8) is 0 Å². The number of ketones is 1. The van der Waals surface area contributed by atoms with Crippen LogP contribution in [0.2, 0.25) is 0 Å². The molecule has 3 aromatic heterocycles. The highest BCUT2D eigenvalue weighted by molar-refractivity contribution is 7.10. The number of thiophene rings is 1. The maximum absolute atomic E-state index is 13.2. The van der Waals surface area contributed by atoms with Gasteiger partial charge in [0, 0.05) is 46.5 Å². The van der Waals surface area contributed by atoms with E-state index in [1.807, 2.05) is 48.7 Å². The second kappa shape index (κ2) is 7.52. The summed E-state index contributed by atoms with van der Waals surface area (Å²) in [6.45, 7) is 2.17. The average molecular weight is 430 g/mol. The Balaban J connectivity index is 1.69. The van der Waals surface area contributed by atoms with Crippen LogP contribution in [0.3, 0.4) is 0 Å². The van der Waals surface area contributed by atoms with Crippen molar-refractivity contribution in [1.82, 2.24) is 14.9 Å². The van der Waals surface area contributed by atoms with Gasteiger partial charge >= 0.3 is 0 Å². The first kappa shape index (κ1) is 19.3. The molecule has 4 aromatic rings. The van der Waals surface area contributed by atoms with Crippen LogP contribution in [0.15, 0.2) is 72.0 Å². The number of aromatic amines is 1. The first-order chi connectivity index (χ1) is 15.1. The zero-order valence-electron chi connectivity index (χ0n) is 16.7. The second-order valence-corrected chi connectivity index (χ2v) is 8.45.